The number of carbonyl (C=O) groups excluding carboxylic acids is 2. The van der Waals surface area contributed by atoms with Crippen LogP contribution >= 0.6 is 0 Å². The summed E-state index contributed by atoms with van der Waals surface area (Å²) < 4.78 is 10.4. The molecule has 132 valence electrons. The Kier molecular flexibility index (Phi) is 5.12. The number of nitrogens with zero attached hydrogens (tertiary/aromatic N) is 1. The van der Waals surface area contributed by atoms with Gasteiger partial charge in [-0.25, -0.2) is 4.79 Å². The van der Waals surface area contributed by atoms with Gasteiger partial charge in [-0.2, -0.15) is 0 Å². The summed E-state index contributed by atoms with van der Waals surface area (Å²) >= 11 is 0. The number of nitrogens with one attached hydrogen (secondary N) is 1. The van der Waals surface area contributed by atoms with Gasteiger partial charge in [0.25, 0.3) is 5.91 Å². The molecule has 2 aromatic carbocycles. The van der Waals surface area contributed by atoms with Crippen molar-refractivity contribution in [3.63, 3.8) is 0 Å². The van der Waals surface area contributed by atoms with Crippen LogP contribution in [0.3, 0.4) is 0 Å². The Morgan fingerprint density at radius 3 is 2.54 bits per heavy atom. The lowest BCUT2D eigenvalue weighted by Gasteiger charge is -2.14. The molecule has 3 aromatic rings. The summed E-state index contributed by atoms with van der Waals surface area (Å²) in [5.41, 5.74) is 1.66. The van der Waals surface area contributed by atoms with Crippen LogP contribution in [-0.4, -0.2) is 30.1 Å². The number of amides is 1. The Morgan fingerprint density at radius 2 is 1.81 bits per heavy atom. The van der Waals surface area contributed by atoms with E-state index in [9.17, 15) is 9.59 Å². The van der Waals surface area contributed by atoms with Crippen molar-refractivity contribution in [2.45, 2.75) is 13.0 Å². The Morgan fingerprint density at radius 1 is 1.04 bits per heavy atom. The minimum Gasteiger partial charge on any atom is -0.497 e. The first-order valence-corrected chi connectivity index (χ1v) is 8.08. The average Bonchev–Trinajstić information content (AvgIpc) is 2.68. The summed E-state index contributed by atoms with van der Waals surface area (Å²) in [6.07, 6.45) is 0.707. The number of pyridine rings is 1. The number of aromatic nitrogens is 1. The maximum absolute atomic E-state index is 12.5. The quantitative estimate of drug-likeness (QED) is 0.713. The van der Waals surface area contributed by atoms with E-state index in [4.69, 9.17) is 9.47 Å². The van der Waals surface area contributed by atoms with E-state index in [-0.39, 0.29) is 0 Å². The van der Waals surface area contributed by atoms with Crippen molar-refractivity contribution in [3.8, 4) is 5.75 Å². The smallest absolute Gasteiger partial charge is 0.339 e. The maximum atomic E-state index is 12.5. The molecule has 0 saturated carbocycles. The largest absolute Gasteiger partial charge is 0.497 e. The second-order valence-electron chi connectivity index (χ2n) is 5.64. The normalized spacial score (nSPS) is 11.6. The summed E-state index contributed by atoms with van der Waals surface area (Å²) in [6, 6.07) is 15.6. The molecule has 1 unspecified atom stereocenters. The minimum absolute atomic E-state index is 0.375. The molecule has 0 fully saturated rings. The molecule has 0 bridgehead atoms. The monoisotopic (exact) mass is 350 g/mol. The Bertz CT molecular complexity index is 933. The molecular weight excluding hydrogens is 332 g/mol. The Balaban J connectivity index is 1.68. The molecule has 1 atom stereocenters. The van der Waals surface area contributed by atoms with E-state index in [1.165, 1.54) is 6.92 Å². The number of esters is 1. The topological polar surface area (TPSA) is 77.5 Å². The molecule has 6 heteroatoms. The van der Waals surface area contributed by atoms with E-state index < -0.39 is 18.0 Å². The Hall–Kier alpha value is -3.41. The molecule has 26 heavy (non-hydrogen) atoms. The lowest BCUT2D eigenvalue weighted by Crippen LogP contribution is -2.30. The zero-order valence-electron chi connectivity index (χ0n) is 14.4. The first kappa shape index (κ1) is 17.4. The fourth-order valence-corrected chi connectivity index (χ4v) is 2.48. The Labute approximate surface area is 150 Å². The van der Waals surface area contributed by atoms with E-state index in [2.05, 4.69) is 10.3 Å². The van der Waals surface area contributed by atoms with Gasteiger partial charge in [0, 0.05) is 17.3 Å². The highest BCUT2D eigenvalue weighted by atomic mass is 16.5. The second-order valence-corrected chi connectivity index (χ2v) is 5.64. The molecule has 3 rings (SSSR count). The number of hydrogen-bond donors (Lipinski definition) is 1. The first-order chi connectivity index (χ1) is 12.6. The van der Waals surface area contributed by atoms with E-state index in [0.717, 1.165) is 0 Å². The third-order valence-corrected chi connectivity index (χ3v) is 3.88. The van der Waals surface area contributed by atoms with Gasteiger partial charge in [-0.15, -0.1) is 0 Å². The molecule has 0 aliphatic rings. The number of methoxy groups -OCH3 is 1. The predicted molar refractivity (Wildman–Crippen MR) is 98.2 cm³/mol. The lowest BCUT2D eigenvalue weighted by molar-refractivity contribution is -0.123. The van der Waals surface area contributed by atoms with Gasteiger partial charge in [0.2, 0.25) is 0 Å². The van der Waals surface area contributed by atoms with Gasteiger partial charge in [0.05, 0.1) is 18.2 Å². The van der Waals surface area contributed by atoms with Crippen LogP contribution in [0.2, 0.25) is 0 Å². The van der Waals surface area contributed by atoms with Gasteiger partial charge in [-0.1, -0.05) is 12.1 Å². The van der Waals surface area contributed by atoms with Crippen LogP contribution in [0, 0.1) is 0 Å². The minimum atomic E-state index is -0.948. The molecule has 1 heterocycles. The first-order valence-electron chi connectivity index (χ1n) is 8.08. The lowest BCUT2D eigenvalue weighted by atomic mass is 10.1. The second kappa shape index (κ2) is 7.65. The van der Waals surface area contributed by atoms with Crippen molar-refractivity contribution < 1.29 is 19.1 Å². The number of anilines is 1. The number of fused-ring (bicyclic) bond motifs is 1. The molecular formula is C20H18N2O4. The van der Waals surface area contributed by atoms with Crippen LogP contribution in [0.1, 0.15) is 17.3 Å². The number of ether oxygens (including phenoxy) is 2. The summed E-state index contributed by atoms with van der Waals surface area (Å²) in [6.45, 7) is 1.53. The van der Waals surface area contributed by atoms with E-state index >= 15 is 0 Å². The van der Waals surface area contributed by atoms with Gasteiger partial charge < -0.3 is 14.8 Å². The summed E-state index contributed by atoms with van der Waals surface area (Å²) in [5, 5.41) is 3.39. The molecule has 0 radical (unpaired) electrons. The third-order valence-electron chi connectivity index (χ3n) is 3.88. The van der Waals surface area contributed by atoms with E-state index in [1.54, 1.807) is 61.8 Å². The molecule has 1 aromatic heterocycles. The van der Waals surface area contributed by atoms with Gasteiger partial charge in [0.1, 0.15) is 5.75 Å². The van der Waals surface area contributed by atoms with Gasteiger partial charge in [-0.3, -0.25) is 9.78 Å². The van der Waals surface area contributed by atoms with Gasteiger partial charge in [0.15, 0.2) is 6.10 Å². The number of benzene rings is 2. The highest BCUT2D eigenvalue weighted by molar-refractivity contribution is 6.04. The van der Waals surface area contributed by atoms with Crippen molar-refractivity contribution in [1.29, 1.82) is 0 Å². The van der Waals surface area contributed by atoms with Crippen molar-refractivity contribution in [3.05, 3.63) is 66.4 Å². The summed E-state index contributed by atoms with van der Waals surface area (Å²) in [4.78, 5) is 28.9. The van der Waals surface area contributed by atoms with E-state index in [0.29, 0.717) is 27.9 Å². The zero-order valence-corrected chi connectivity index (χ0v) is 14.4. The summed E-state index contributed by atoms with van der Waals surface area (Å²) in [7, 11) is 1.57. The highest BCUT2D eigenvalue weighted by Crippen LogP contribution is 2.19. The van der Waals surface area contributed by atoms with Crippen molar-refractivity contribution in [2.24, 2.45) is 0 Å². The molecule has 6 nitrogen and oxygen atoms in total. The summed E-state index contributed by atoms with van der Waals surface area (Å²) in [5.74, 6) is -0.296. The standard InChI is InChI=1S/C20H18N2O4/c1-13(19(23)22-14-8-10-15(25-2)11-9-14)26-20(24)17-5-3-7-18-16(17)6-4-12-21-18/h3-13H,1-2H3,(H,22,23). The molecule has 0 spiro atoms. The van der Waals surface area contributed by atoms with Crippen LogP contribution in [0.4, 0.5) is 5.69 Å². The van der Waals surface area contributed by atoms with Crippen molar-refractivity contribution in [2.75, 3.05) is 12.4 Å². The zero-order chi connectivity index (χ0) is 18.5. The SMILES string of the molecule is COc1ccc(NC(=O)C(C)OC(=O)c2cccc3ncccc23)cc1. The molecule has 0 saturated heterocycles. The van der Waals surface area contributed by atoms with Crippen molar-refractivity contribution >= 4 is 28.5 Å². The van der Waals surface area contributed by atoms with Crippen LogP contribution in [-0.2, 0) is 9.53 Å². The molecule has 0 aliphatic heterocycles. The predicted octanol–water partition coefficient (Wildman–Crippen LogP) is 3.43. The number of carbonyl (C=O) groups is 2. The van der Waals surface area contributed by atoms with Crippen LogP contribution < -0.4 is 10.1 Å². The third kappa shape index (κ3) is 3.80. The van der Waals surface area contributed by atoms with E-state index in [1.807, 2.05) is 6.07 Å². The molecule has 1 amide bonds. The van der Waals surface area contributed by atoms with Crippen LogP contribution in [0.25, 0.3) is 10.9 Å². The number of hydrogen-bond acceptors (Lipinski definition) is 5. The number of rotatable bonds is 5. The molecule has 1 N–H and O–H groups in total. The average molecular weight is 350 g/mol. The maximum Gasteiger partial charge on any atom is 0.339 e. The molecule has 0 aliphatic carbocycles. The highest BCUT2D eigenvalue weighted by Gasteiger charge is 2.20. The fraction of sp³-hybridized carbons (Fsp3) is 0.150. The van der Waals surface area contributed by atoms with Crippen molar-refractivity contribution in [1.82, 2.24) is 4.98 Å². The fourth-order valence-electron chi connectivity index (χ4n) is 2.48. The van der Waals surface area contributed by atoms with Gasteiger partial charge in [-0.05, 0) is 49.4 Å². The van der Waals surface area contributed by atoms with Gasteiger partial charge >= 0.3 is 5.97 Å². The van der Waals surface area contributed by atoms with Crippen LogP contribution in [0.5, 0.6) is 5.75 Å². The van der Waals surface area contributed by atoms with Crippen LogP contribution in [0.15, 0.2) is 60.8 Å².